The van der Waals surface area contributed by atoms with Gasteiger partial charge in [0, 0.05) is 29.5 Å². The van der Waals surface area contributed by atoms with Crippen molar-refractivity contribution in [3.05, 3.63) is 83.5 Å². The van der Waals surface area contributed by atoms with Crippen LogP contribution in [0.25, 0.3) is 11.0 Å². The molecule has 0 unspecified atom stereocenters. The molecule has 1 fully saturated rings. The fourth-order valence-corrected chi connectivity index (χ4v) is 4.17. The van der Waals surface area contributed by atoms with E-state index in [9.17, 15) is 27.2 Å². The number of nitrogens with zero attached hydrogens (tertiary/aromatic N) is 4. The summed E-state index contributed by atoms with van der Waals surface area (Å²) >= 11 is 0. The Balaban J connectivity index is 1.36. The average Bonchev–Trinajstić information content (AvgIpc) is 3.21. The van der Waals surface area contributed by atoms with E-state index in [0.29, 0.717) is 41.9 Å². The number of ether oxygens (including phenoxy) is 1. The fraction of sp³-hybridized carbons (Fsp3) is 0.240. The van der Waals surface area contributed by atoms with Gasteiger partial charge in [0.15, 0.2) is 5.78 Å². The molecule has 1 amide bonds. The van der Waals surface area contributed by atoms with Crippen LogP contribution in [-0.2, 0) is 27.7 Å². The number of carbonyl (C=O) groups is 2. The summed E-state index contributed by atoms with van der Waals surface area (Å²) in [5, 5.41) is 3.10. The lowest BCUT2D eigenvalue weighted by atomic mass is 10.0. The number of fused-ring (bicyclic) bond motifs is 1. The highest BCUT2D eigenvalue weighted by molar-refractivity contribution is 6.16. The van der Waals surface area contributed by atoms with Gasteiger partial charge in [0.25, 0.3) is 0 Å². The molecule has 1 aliphatic rings. The van der Waals surface area contributed by atoms with Gasteiger partial charge in [0.1, 0.15) is 17.8 Å². The minimum atomic E-state index is -4.83. The van der Waals surface area contributed by atoms with E-state index in [1.807, 2.05) is 11.5 Å². The Morgan fingerprint density at radius 1 is 1.14 bits per heavy atom. The van der Waals surface area contributed by atoms with Gasteiger partial charge in [-0.25, -0.2) is 14.4 Å². The predicted molar refractivity (Wildman–Crippen MR) is 123 cm³/mol. The van der Waals surface area contributed by atoms with Gasteiger partial charge in [-0.1, -0.05) is 6.07 Å². The molecule has 0 bridgehead atoms. The molecular formula is C25H19F4N5O3. The second-order valence-electron chi connectivity index (χ2n) is 8.99. The maximum absolute atomic E-state index is 13.8. The topological polar surface area (TPSA) is 99.0 Å². The van der Waals surface area contributed by atoms with Crippen LogP contribution >= 0.6 is 0 Å². The highest BCUT2D eigenvalue weighted by Gasteiger charge is 2.38. The van der Waals surface area contributed by atoms with Crippen molar-refractivity contribution in [2.75, 3.05) is 18.5 Å². The molecule has 4 heterocycles. The van der Waals surface area contributed by atoms with Crippen LogP contribution in [-0.4, -0.2) is 44.4 Å². The molecule has 4 aromatic rings. The van der Waals surface area contributed by atoms with Crippen molar-refractivity contribution in [1.82, 2.24) is 19.5 Å². The molecule has 0 atom stereocenters. The Morgan fingerprint density at radius 2 is 1.92 bits per heavy atom. The smallest absolute Gasteiger partial charge is 0.376 e. The first kappa shape index (κ1) is 24.5. The molecule has 37 heavy (non-hydrogen) atoms. The summed E-state index contributed by atoms with van der Waals surface area (Å²) in [7, 11) is 0. The summed E-state index contributed by atoms with van der Waals surface area (Å²) in [5.74, 6) is -2.44. The lowest BCUT2D eigenvalue weighted by Crippen LogP contribution is -2.48. The highest BCUT2D eigenvalue weighted by atomic mass is 19.4. The zero-order valence-electron chi connectivity index (χ0n) is 19.3. The van der Waals surface area contributed by atoms with Gasteiger partial charge in [0.2, 0.25) is 5.91 Å². The average molecular weight is 513 g/mol. The molecule has 5 rings (SSSR count). The quantitative estimate of drug-likeness (QED) is 0.307. The first-order valence-electron chi connectivity index (χ1n) is 11.1. The number of alkyl halides is 3. The van der Waals surface area contributed by atoms with Gasteiger partial charge >= 0.3 is 6.18 Å². The molecule has 1 N–H and O–H groups in total. The van der Waals surface area contributed by atoms with E-state index in [4.69, 9.17) is 4.74 Å². The molecule has 0 saturated carbocycles. The summed E-state index contributed by atoms with van der Waals surface area (Å²) in [4.78, 5) is 38.3. The molecule has 1 aromatic carbocycles. The van der Waals surface area contributed by atoms with Crippen molar-refractivity contribution in [3.8, 4) is 0 Å². The van der Waals surface area contributed by atoms with Gasteiger partial charge in [-0.05, 0) is 30.7 Å². The largest absolute Gasteiger partial charge is 0.419 e. The molecule has 190 valence electrons. The minimum Gasteiger partial charge on any atom is -0.376 e. The van der Waals surface area contributed by atoms with E-state index < -0.39 is 23.5 Å². The standard InChI is InChI=1S/C25H19F4N5O3/c1-24(11-37-12-24)34-10-18(17-9-31-13-32-23(17)34)22(36)15-6-16(8-30-7-15)33-21(35)5-14-2-3-19(20(26)4-14)25(27,28)29/h2-4,6-10,13H,5,11-12H2,1H3,(H,33,35). The van der Waals surface area contributed by atoms with Gasteiger partial charge in [-0.15, -0.1) is 0 Å². The maximum Gasteiger partial charge on any atom is 0.419 e. The van der Waals surface area contributed by atoms with Gasteiger partial charge < -0.3 is 14.6 Å². The van der Waals surface area contributed by atoms with Crippen LogP contribution in [0.4, 0.5) is 23.2 Å². The third-order valence-electron chi connectivity index (χ3n) is 6.11. The number of anilines is 1. The Kier molecular flexibility index (Phi) is 5.98. The molecule has 0 spiro atoms. The van der Waals surface area contributed by atoms with Crippen LogP contribution in [0.3, 0.4) is 0 Å². The van der Waals surface area contributed by atoms with Crippen molar-refractivity contribution in [1.29, 1.82) is 0 Å². The van der Waals surface area contributed by atoms with Crippen LogP contribution in [0, 0.1) is 5.82 Å². The number of ketones is 1. The Morgan fingerprint density at radius 3 is 2.59 bits per heavy atom. The highest BCUT2D eigenvalue weighted by Crippen LogP contribution is 2.33. The van der Waals surface area contributed by atoms with E-state index in [1.54, 1.807) is 12.4 Å². The third-order valence-corrected chi connectivity index (χ3v) is 6.11. The normalized spacial score (nSPS) is 14.8. The Labute approximate surface area is 207 Å². The SMILES string of the molecule is CC1(n2cc(C(=O)c3cncc(NC(=O)Cc4ccc(C(F)(F)F)c(F)c4)c3)c3cncnc32)COC1. The van der Waals surface area contributed by atoms with Crippen LogP contribution in [0.15, 0.2) is 55.4 Å². The Bertz CT molecular complexity index is 1530. The van der Waals surface area contributed by atoms with Crippen LogP contribution in [0.2, 0.25) is 0 Å². The zero-order valence-corrected chi connectivity index (χ0v) is 19.3. The van der Waals surface area contributed by atoms with E-state index in [-0.39, 0.29) is 34.6 Å². The van der Waals surface area contributed by atoms with Gasteiger partial charge in [-0.2, -0.15) is 13.2 Å². The van der Waals surface area contributed by atoms with E-state index in [0.717, 1.165) is 6.07 Å². The van der Waals surface area contributed by atoms with Crippen molar-refractivity contribution in [2.24, 2.45) is 0 Å². The minimum absolute atomic E-state index is 0.0597. The molecule has 1 aliphatic heterocycles. The zero-order chi connectivity index (χ0) is 26.4. The number of amides is 1. The van der Waals surface area contributed by atoms with Crippen molar-refractivity contribution in [3.63, 3.8) is 0 Å². The molecular weight excluding hydrogens is 494 g/mol. The number of aromatic nitrogens is 4. The van der Waals surface area contributed by atoms with E-state index >= 15 is 0 Å². The molecule has 0 radical (unpaired) electrons. The van der Waals surface area contributed by atoms with Crippen LogP contribution in [0.1, 0.15) is 34.0 Å². The van der Waals surface area contributed by atoms with Crippen molar-refractivity contribution >= 4 is 28.4 Å². The summed E-state index contributed by atoms with van der Waals surface area (Å²) < 4.78 is 59.3. The number of halogens is 4. The summed E-state index contributed by atoms with van der Waals surface area (Å²) in [5.41, 5.74) is -0.364. The second kappa shape index (κ2) is 9.04. The molecule has 3 aromatic heterocycles. The van der Waals surface area contributed by atoms with Crippen molar-refractivity contribution in [2.45, 2.75) is 25.1 Å². The van der Waals surface area contributed by atoms with Gasteiger partial charge in [-0.3, -0.25) is 14.6 Å². The number of benzene rings is 1. The lowest BCUT2D eigenvalue weighted by Gasteiger charge is -2.39. The second-order valence-corrected chi connectivity index (χ2v) is 8.99. The molecule has 12 heteroatoms. The predicted octanol–water partition coefficient (Wildman–Crippen LogP) is 4.14. The van der Waals surface area contributed by atoms with Crippen molar-refractivity contribution < 1.29 is 31.9 Å². The number of hydrogen-bond donors (Lipinski definition) is 1. The first-order valence-corrected chi connectivity index (χ1v) is 11.1. The number of nitrogens with one attached hydrogen (secondary N) is 1. The van der Waals surface area contributed by atoms with Gasteiger partial charge in [0.05, 0.1) is 48.2 Å². The summed E-state index contributed by atoms with van der Waals surface area (Å²) in [6, 6.07) is 3.73. The fourth-order valence-electron chi connectivity index (χ4n) is 4.17. The number of carbonyl (C=O) groups excluding carboxylic acids is 2. The van der Waals surface area contributed by atoms with E-state index in [2.05, 4.69) is 20.3 Å². The third kappa shape index (κ3) is 4.67. The molecule has 1 saturated heterocycles. The number of hydrogen-bond acceptors (Lipinski definition) is 6. The summed E-state index contributed by atoms with van der Waals surface area (Å²) in [6.45, 7) is 2.94. The molecule has 0 aliphatic carbocycles. The Hall–Kier alpha value is -4.19. The monoisotopic (exact) mass is 513 g/mol. The van der Waals surface area contributed by atoms with Crippen LogP contribution in [0.5, 0.6) is 0 Å². The number of pyridine rings is 1. The summed E-state index contributed by atoms with van der Waals surface area (Å²) in [6.07, 6.45) is 2.12. The van der Waals surface area contributed by atoms with Crippen LogP contribution < -0.4 is 5.32 Å². The first-order chi connectivity index (χ1) is 17.5. The lowest BCUT2D eigenvalue weighted by molar-refractivity contribution is -0.140. The number of rotatable bonds is 6. The van der Waals surface area contributed by atoms with E-state index in [1.165, 1.54) is 24.8 Å². The molecule has 8 nitrogen and oxygen atoms in total. The maximum atomic E-state index is 13.8.